The summed E-state index contributed by atoms with van der Waals surface area (Å²) in [6.07, 6.45) is 0. The fraction of sp³-hybridized carbons (Fsp3) is 0.182. The van der Waals surface area contributed by atoms with E-state index in [4.69, 9.17) is 48.8 Å². The van der Waals surface area contributed by atoms with Gasteiger partial charge in [-0.25, -0.2) is 5.26 Å². The van der Waals surface area contributed by atoms with Crippen molar-refractivity contribution in [2.45, 2.75) is 0 Å². The number of rotatable bonds is 10. The molecule has 0 bridgehead atoms. The van der Waals surface area contributed by atoms with E-state index in [1.807, 2.05) is 0 Å². The molecule has 2 rings (SSSR count). The van der Waals surface area contributed by atoms with E-state index in [2.05, 4.69) is 14.8 Å². The van der Waals surface area contributed by atoms with Crippen LogP contribution in [0.1, 0.15) is 0 Å². The van der Waals surface area contributed by atoms with Gasteiger partial charge in [-0.2, -0.15) is 10.5 Å². The molecule has 16 nitrogen and oxygen atoms in total. The summed E-state index contributed by atoms with van der Waals surface area (Å²) in [6, 6.07) is 15.4. The molecule has 1 N–H and O–H groups in total. The number of alkyl halides is 1. The molecule has 0 spiro atoms. The Morgan fingerprint density at radius 2 is 1.32 bits per heavy atom. The van der Waals surface area contributed by atoms with Gasteiger partial charge in [0.15, 0.2) is 6.61 Å². The fourth-order valence-corrected chi connectivity index (χ4v) is 1.96. The third-order valence-corrected chi connectivity index (χ3v) is 3.61. The van der Waals surface area contributed by atoms with Crippen LogP contribution in [-0.2, 0) is 4.84 Å². The molecule has 2 aromatic rings. The summed E-state index contributed by atoms with van der Waals surface area (Å²) in [5.74, 6) is 1.04. The molecule has 0 unspecified atom stereocenters. The molecule has 0 aliphatic rings. The number of ether oxygens (including phenoxy) is 2. The molecule has 0 amide bonds. The number of hydrogen-bond donors (Lipinski definition) is 0. The maximum Gasteiger partial charge on any atom is 1.00 e. The van der Waals surface area contributed by atoms with Crippen LogP contribution in [0.4, 0.5) is 11.4 Å². The quantitative estimate of drug-likeness (QED) is 0.0556. The number of non-ortho nitro benzene ring substituents is 2. The molecule has 18 heteroatoms. The van der Waals surface area contributed by atoms with E-state index in [9.17, 15) is 20.2 Å². The van der Waals surface area contributed by atoms with Crippen LogP contribution in [-0.4, -0.2) is 52.6 Å². The van der Waals surface area contributed by atoms with Gasteiger partial charge in [-0.3, -0.25) is 20.2 Å². The summed E-state index contributed by atoms with van der Waals surface area (Å²) in [6.45, 7) is 7.13. The molecule has 0 radical (unpaired) electrons. The Labute approximate surface area is 254 Å². The van der Waals surface area contributed by atoms with E-state index in [0.29, 0.717) is 24.0 Å². The van der Waals surface area contributed by atoms with Crippen molar-refractivity contribution < 1.29 is 59.2 Å². The standard InChI is InChI=1S/C11H8N4O4.C8H8ClNO3.C3N3.Na.H2O/c1-13-11(8-12)14-19-7-6-18-10-4-2-9(3-5-10)15(16)17;9-5-6-13-8-3-1-7(2-4-8)10(11)12;4-1-3(6)2-5;;/h2-5H,6-7H2;1-4H,5-6H2;;;1H2/q;;-1;+1;/p-1/b14-11+;;;;. The second-order valence-corrected chi connectivity index (χ2v) is 6.31. The van der Waals surface area contributed by atoms with E-state index in [0.717, 1.165) is 0 Å². The maximum atomic E-state index is 10.4. The van der Waals surface area contributed by atoms with Gasteiger partial charge in [0, 0.05) is 30.0 Å². The summed E-state index contributed by atoms with van der Waals surface area (Å²) in [4.78, 5) is 27.2. The average Bonchev–Trinajstić information content (AvgIpc) is 2.94. The molecular weight excluding hydrogens is 563 g/mol. The van der Waals surface area contributed by atoms with Crippen molar-refractivity contribution in [3.63, 3.8) is 0 Å². The molecule has 202 valence electrons. The Morgan fingerprint density at radius 1 is 0.900 bits per heavy atom. The van der Waals surface area contributed by atoms with Gasteiger partial charge in [0.2, 0.25) is 0 Å². The molecule has 0 aliphatic heterocycles. The molecule has 0 aromatic heterocycles. The Bertz CT molecular complexity index is 1250. The number of hydrogen-bond acceptors (Lipinski definition) is 12. The fourth-order valence-electron chi connectivity index (χ4n) is 1.88. The third-order valence-electron chi connectivity index (χ3n) is 3.45. The number of nitro benzene ring substituents is 2. The Kier molecular flexibility index (Phi) is 24.3. The van der Waals surface area contributed by atoms with Crippen LogP contribution in [0, 0.1) is 60.8 Å². The monoisotopic (exact) mass is 579 g/mol. The normalized spacial score (nSPS) is 8.68. The van der Waals surface area contributed by atoms with Crippen molar-refractivity contribution in [3.8, 4) is 29.7 Å². The van der Waals surface area contributed by atoms with Crippen LogP contribution in [0.2, 0.25) is 0 Å². The summed E-state index contributed by atoms with van der Waals surface area (Å²) >= 11 is 5.40. The van der Waals surface area contributed by atoms with E-state index in [1.54, 1.807) is 18.2 Å². The van der Waals surface area contributed by atoms with Crippen LogP contribution < -0.4 is 39.0 Å². The first-order valence-electron chi connectivity index (χ1n) is 9.86. The summed E-state index contributed by atoms with van der Waals surface area (Å²) in [7, 11) is 0. The second-order valence-electron chi connectivity index (χ2n) is 5.93. The zero-order valence-corrected chi connectivity index (χ0v) is 23.5. The summed E-state index contributed by atoms with van der Waals surface area (Å²) in [5.41, 5.74) is -0.767. The smallest absolute Gasteiger partial charge is 0.870 e. The Hall–Kier alpha value is -4.81. The molecule has 0 fully saturated rings. The molecule has 0 heterocycles. The number of oxime groups is 1. The summed E-state index contributed by atoms with van der Waals surface area (Å²) < 4.78 is 10.3. The Morgan fingerprint density at radius 3 is 1.62 bits per heavy atom. The maximum absolute atomic E-state index is 10.4. The number of halogens is 1. The molecule has 0 saturated heterocycles. The van der Waals surface area contributed by atoms with Crippen LogP contribution >= 0.6 is 11.6 Å². The van der Waals surface area contributed by atoms with Gasteiger partial charge in [-0.15, -0.1) is 11.6 Å². The van der Waals surface area contributed by atoms with Crippen molar-refractivity contribution in [1.29, 1.82) is 15.8 Å². The van der Waals surface area contributed by atoms with Gasteiger partial charge in [-0.05, 0) is 24.3 Å². The van der Waals surface area contributed by atoms with Crippen LogP contribution in [0.25, 0.3) is 10.3 Å². The SMILES string of the molecule is N#CC(=[N-])C#N.O=[N+]([O-])c1ccc(OCCCl)cc1.[C-]#[N+]/C(C#N)=N/OCCOc1ccc([N+](=O)[O-])cc1.[Na+].[OH-]. The molecule has 0 atom stereocenters. The van der Waals surface area contributed by atoms with Crippen molar-refractivity contribution in [2.24, 2.45) is 5.16 Å². The van der Waals surface area contributed by atoms with Gasteiger partial charge in [0.1, 0.15) is 30.8 Å². The van der Waals surface area contributed by atoms with Crippen molar-refractivity contribution in [2.75, 3.05) is 25.7 Å². The number of nitro groups is 2. The minimum atomic E-state index is -0.796. The summed E-state index contributed by atoms with van der Waals surface area (Å²) in [5, 5.41) is 55.3. The first-order valence-corrected chi connectivity index (χ1v) is 10.4. The van der Waals surface area contributed by atoms with E-state index >= 15 is 0 Å². The van der Waals surface area contributed by atoms with Crippen LogP contribution in [0.15, 0.2) is 53.7 Å². The van der Waals surface area contributed by atoms with Gasteiger partial charge < -0.3 is 30.0 Å². The van der Waals surface area contributed by atoms with Crippen LogP contribution in [0.3, 0.4) is 0 Å². The van der Waals surface area contributed by atoms with Gasteiger partial charge in [-0.1, -0.05) is 6.57 Å². The van der Waals surface area contributed by atoms with Crippen molar-refractivity contribution in [1.82, 2.24) is 0 Å². The second kappa shape index (κ2) is 24.5. The zero-order valence-electron chi connectivity index (χ0n) is 20.7. The molecule has 0 aliphatic carbocycles. The average molecular weight is 580 g/mol. The largest absolute Gasteiger partial charge is 1.00 e. The van der Waals surface area contributed by atoms with Gasteiger partial charge in [0.05, 0.1) is 33.0 Å². The number of nitriles is 3. The van der Waals surface area contributed by atoms with E-state index in [1.165, 1.54) is 48.5 Å². The van der Waals surface area contributed by atoms with Crippen molar-refractivity contribution >= 4 is 34.5 Å². The van der Waals surface area contributed by atoms with E-state index < -0.39 is 21.4 Å². The number of amidine groups is 1. The predicted molar refractivity (Wildman–Crippen MR) is 135 cm³/mol. The zero-order chi connectivity index (χ0) is 28.8. The van der Waals surface area contributed by atoms with Crippen LogP contribution in [0.5, 0.6) is 11.5 Å². The van der Waals surface area contributed by atoms with Crippen molar-refractivity contribution in [3.05, 3.63) is 85.6 Å². The third kappa shape index (κ3) is 18.4. The number of nitrogens with zero attached hydrogens (tertiary/aromatic N) is 8. The number of benzene rings is 2. The molecular formula is C22H17ClN8NaO8-. The van der Waals surface area contributed by atoms with E-state index in [-0.39, 0.29) is 59.6 Å². The minimum absolute atomic E-state index is 0. The van der Waals surface area contributed by atoms with Gasteiger partial charge >= 0.3 is 35.4 Å². The molecule has 2 aromatic carbocycles. The molecule has 40 heavy (non-hydrogen) atoms. The van der Waals surface area contributed by atoms with Gasteiger partial charge in [0.25, 0.3) is 11.4 Å². The first kappa shape index (κ1) is 39.7. The minimum Gasteiger partial charge on any atom is -0.870 e. The topological polar surface area (TPSA) is 254 Å². The molecule has 0 saturated carbocycles. The Balaban J connectivity index is -0.000000567. The predicted octanol–water partition coefficient (Wildman–Crippen LogP) is 0.830. The first-order chi connectivity index (χ1) is 18.2.